The Morgan fingerprint density at radius 2 is 0.470 bits per heavy atom. The summed E-state index contributed by atoms with van der Waals surface area (Å²) in [5.41, 5.74) is 2.32. The molecule has 3 aromatic rings. The summed E-state index contributed by atoms with van der Waals surface area (Å²) in [6.07, 6.45) is 37.5. The van der Waals surface area contributed by atoms with Gasteiger partial charge in [0.15, 0.2) is 0 Å². The van der Waals surface area contributed by atoms with Crippen molar-refractivity contribution in [3.05, 3.63) is 91.0 Å². The SMILES string of the molecule is CCCCCCCCCCCCOC(=O)Nc1ccccc1.CCCCCCCCCCCCOC(=O)Nc1ccccc1.CCCCCCCCCCCCOC(=O)Nc1ccccc1. The van der Waals surface area contributed by atoms with Gasteiger partial charge in [-0.2, -0.15) is 0 Å². The second-order valence-electron chi connectivity index (χ2n) is 17.4. The van der Waals surface area contributed by atoms with Crippen molar-refractivity contribution in [2.24, 2.45) is 0 Å². The summed E-state index contributed by atoms with van der Waals surface area (Å²) in [6, 6.07) is 28.2. The maximum Gasteiger partial charge on any atom is 0.411 e. The van der Waals surface area contributed by atoms with Crippen molar-refractivity contribution in [3.8, 4) is 0 Å². The monoisotopic (exact) mass is 916 g/mol. The van der Waals surface area contributed by atoms with Crippen LogP contribution in [0.15, 0.2) is 91.0 Å². The minimum atomic E-state index is -0.359. The van der Waals surface area contributed by atoms with E-state index in [1.54, 1.807) is 0 Å². The molecule has 0 radical (unpaired) electrons. The number of amides is 3. The van der Waals surface area contributed by atoms with Crippen molar-refractivity contribution >= 4 is 35.3 Å². The number of anilines is 3. The number of para-hydroxylation sites is 3. The van der Waals surface area contributed by atoms with Crippen LogP contribution >= 0.6 is 0 Å². The summed E-state index contributed by atoms with van der Waals surface area (Å²) in [6.45, 7) is 8.28. The first-order valence-electron chi connectivity index (χ1n) is 26.4. The van der Waals surface area contributed by atoms with Gasteiger partial charge in [0.2, 0.25) is 0 Å². The van der Waals surface area contributed by atoms with Crippen LogP contribution in [0.2, 0.25) is 0 Å². The van der Waals surface area contributed by atoms with E-state index in [2.05, 4.69) is 36.7 Å². The molecule has 0 fully saturated rings. The van der Waals surface area contributed by atoms with Gasteiger partial charge in [-0.15, -0.1) is 0 Å². The van der Waals surface area contributed by atoms with Gasteiger partial charge in [0, 0.05) is 17.1 Å². The maximum absolute atomic E-state index is 11.5. The molecule has 0 aromatic heterocycles. The van der Waals surface area contributed by atoms with Gasteiger partial charge < -0.3 is 14.2 Å². The van der Waals surface area contributed by atoms with Crippen LogP contribution < -0.4 is 16.0 Å². The summed E-state index contributed by atoms with van der Waals surface area (Å²) < 4.78 is 15.5. The number of hydrogen-bond donors (Lipinski definition) is 3. The van der Waals surface area contributed by atoms with Crippen LogP contribution in [0.4, 0.5) is 31.4 Å². The molecule has 0 aliphatic carbocycles. The normalized spacial score (nSPS) is 10.4. The molecule has 0 saturated heterocycles. The number of ether oxygens (including phenoxy) is 3. The summed E-state index contributed by atoms with van der Waals surface area (Å²) in [5.74, 6) is 0. The Bertz CT molecular complexity index is 1310. The van der Waals surface area contributed by atoms with E-state index in [0.29, 0.717) is 19.8 Å². The third kappa shape index (κ3) is 40.9. The minimum Gasteiger partial charge on any atom is -0.449 e. The van der Waals surface area contributed by atoms with E-state index in [1.165, 1.54) is 154 Å². The van der Waals surface area contributed by atoms with Crippen LogP contribution in [-0.4, -0.2) is 38.1 Å². The molecule has 0 heterocycles. The van der Waals surface area contributed by atoms with E-state index in [0.717, 1.165) is 55.6 Å². The van der Waals surface area contributed by atoms with Gasteiger partial charge in [-0.1, -0.05) is 249 Å². The lowest BCUT2D eigenvalue weighted by Crippen LogP contribution is -2.14. The van der Waals surface area contributed by atoms with Crippen molar-refractivity contribution in [3.63, 3.8) is 0 Å². The highest BCUT2D eigenvalue weighted by molar-refractivity contribution is 5.85. The van der Waals surface area contributed by atoms with Crippen LogP contribution in [0.25, 0.3) is 0 Å². The number of carbonyl (C=O) groups excluding carboxylic acids is 3. The summed E-state index contributed by atoms with van der Waals surface area (Å²) in [5, 5.41) is 8.15. The summed E-state index contributed by atoms with van der Waals surface area (Å²) in [7, 11) is 0. The minimum absolute atomic E-state index is 0.359. The van der Waals surface area contributed by atoms with Gasteiger partial charge in [-0.3, -0.25) is 16.0 Å². The topological polar surface area (TPSA) is 115 Å². The molecule has 0 bridgehead atoms. The quantitative estimate of drug-likeness (QED) is 0.0395. The zero-order valence-corrected chi connectivity index (χ0v) is 41.9. The smallest absolute Gasteiger partial charge is 0.411 e. The Kier molecular flexibility index (Phi) is 42.3. The number of nitrogens with one attached hydrogen (secondary N) is 3. The maximum atomic E-state index is 11.5. The molecule has 0 atom stereocenters. The van der Waals surface area contributed by atoms with E-state index < -0.39 is 0 Å². The zero-order chi connectivity index (χ0) is 47.6. The van der Waals surface area contributed by atoms with Gasteiger partial charge in [-0.05, 0) is 55.7 Å². The number of unbranched alkanes of at least 4 members (excludes halogenated alkanes) is 27. The fraction of sp³-hybridized carbons (Fsp3) is 0.632. The highest BCUT2D eigenvalue weighted by atomic mass is 16.6. The van der Waals surface area contributed by atoms with Gasteiger partial charge in [0.05, 0.1) is 19.8 Å². The van der Waals surface area contributed by atoms with Gasteiger partial charge in [-0.25, -0.2) is 14.4 Å². The van der Waals surface area contributed by atoms with Crippen LogP contribution in [0.5, 0.6) is 0 Å². The lowest BCUT2D eigenvalue weighted by atomic mass is 10.1. The zero-order valence-electron chi connectivity index (χ0n) is 41.9. The molecule has 3 N–H and O–H groups in total. The molecule has 0 spiro atoms. The molecule has 3 amide bonds. The third-order valence-electron chi connectivity index (χ3n) is 11.3. The Hall–Kier alpha value is -4.53. The fourth-order valence-electron chi connectivity index (χ4n) is 7.29. The van der Waals surface area contributed by atoms with E-state index in [1.807, 2.05) is 91.0 Å². The molecule has 0 unspecified atom stereocenters. The average molecular weight is 916 g/mol. The lowest BCUT2D eigenvalue weighted by Gasteiger charge is -2.06. The molecule has 0 aliphatic heterocycles. The first-order valence-corrected chi connectivity index (χ1v) is 26.4. The van der Waals surface area contributed by atoms with Crippen LogP contribution in [0.3, 0.4) is 0 Å². The third-order valence-corrected chi connectivity index (χ3v) is 11.3. The number of rotatable bonds is 36. The molecule has 372 valence electrons. The highest BCUT2D eigenvalue weighted by Gasteiger charge is 2.05. The largest absolute Gasteiger partial charge is 0.449 e. The highest BCUT2D eigenvalue weighted by Crippen LogP contribution is 2.14. The molecule has 9 heteroatoms. The van der Waals surface area contributed by atoms with Crippen molar-refractivity contribution < 1.29 is 28.6 Å². The molecular formula is C57H93N3O6. The summed E-state index contributed by atoms with van der Waals surface area (Å²) in [4.78, 5) is 34.6. The molecule has 3 aromatic carbocycles. The second-order valence-corrected chi connectivity index (χ2v) is 17.4. The molecule has 3 rings (SSSR count). The standard InChI is InChI=1S/3C19H31NO2/c3*1-2-3-4-5-6-7-8-9-10-14-17-22-19(21)20-18-15-12-11-13-16-18/h3*11-13,15-16H,2-10,14,17H2,1H3,(H,20,21). The van der Waals surface area contributed by atoms with Crippen molar-refractivity contribution in [1.29, 1.82) is 0 Å². The van der Waals surface area contributed by atoms with Crippen LogP contribution in [0.1, 0.15) is 213 Å². The summed E-state index contributed by atoms with van der Waals surface area (Å²) >= 11 is 0. The Balaban J connectivity index is 0.000000495. The van der Waals surface area contributed by atoms with Gasteiger partial charge >= 0.3 is 18.3 Å². The van der Waals surface area contributed by atoms with Crippen LogP contribution in [0, 0.1) is 0 Å². The Labute approximate surface area is 402 Å². The molecule has 0 saturated carbocycles. The van der Waals surface area contributed by atoms with Crippen LogP contribution in [-0.2, 0) is 14.2 Å². The van der Waals surface area contributed by atoms with Crippen molar-refractivity contribution in [1.82, 2.24) is 0 Å². The predicted octanol–water partition coefficient (Wildman–Crippen LogP) is 18.5. The van der Waals surface area contributed by atoms with E-state index in [-0.39, 0.29) is 18.3 Å². The first-order chi connectivity index (χ1) is 32.5. The van der Waals surface area contributed by atoms with E-state index in [4.69, 9.17) is 14.2 Å². The Morgan fingerprint density at radius 1 is 0.288 bits per heavy atom. The van der Waals surface area contributed by atoms with Crippen molar-refractivity contribution in [2.75, 3.05) is 35.8 Å². The van der Waals surface area contributed by atoms with Gasteiger partial charge in [0.1, 0.15) is 0 Å². The number of carbonyl (C=O) groups is 3. The molecule has 66 heavy (non-hydrogen) atoms. The predicted molar refractivity (Wildman–Crippen MR) is 280 cm³/mol. The van der Waals surface area contributed by atoms with E-state index in [9.17, 15) is 14.4 Å². The fourth-order valence-corrected chi connectivity index (χ4v) is 7.29. The number of benzene rings is 3. The first kappa shape index (κ1) is 59.5. The molecular weight excluding hydrogens is 823 g/mol. The second kappa shape index (κ2) is 47.0. The molecule has 0 aliphatic rings. The Morgan fingerprint density at radius 3 is 0.667 bits per heavy atom. The van der Waals surface area contributed by atoms with E-state index >= 15 is 0 Å². The number of hydrogen-bond acceptors (Lipinski definition) is 6. The molecule has 9 nitrogen and oxygen atoms in total. The lowest BCUT2D eigenvalue weighted by molar-refractivity contribution is 0.158. The average Bonchev–Trinajstić information content (AvgIpc) is 3.33. The van der Waals surface area contributed by atoms with Gasteiger partial charge in [0.25, 0.3) is 0 Å². The van der Waals surface area contributed by atoms with Crippen molar-refractivity contribution in [2.45, 2.75) is 213 Å².